The van der Waals surface area contributed by atoms with E-state index in [0.29, 0.717) is 4.08 Å². The SMILES string of the molecule is O=C(Nc1cccc(Br)c1)C1CC2CCCC(C1)C21SCCS1. The zero-order valence-electron chi connectivity index (χ0n) is 13.1. The maximum absolute atomic E-state index is 12.8. The van der Waals surface area contributed by atoms with E-state index in [2.05, 4.69) is 44.8 Å². The summed E-state index contributed by atoms with van der Waals surface area (Å²) in [5.74, 6) is 4.47. The molecule has 2 aliphatic carbocycles. The van der Waals surface area contributed by atoms with Gasteiger partial charge in [-0.05, 0) is 55.7 Å². The highest BCUT2D eigenvalue weighted by atomic mass is 79.9. The van der Waals surface area contributed by atoms with Crippen LogP contribution < -0.4 is 5.32 Å². The van der Waals surface area contributed by atoms with Crippen LogP contribution in [0.3, 0.4) is 0 Å². The summed E-state index contributed by atoms with van der Waals surface area (Å²) in [4.78, 5) is 12.8. The lowest BCUT2D eigenvalue weighted by atomic mass is 9.67. The van der Waals surface area contributed by atoms with Gasteiger partial charge in [0.15, 0.2) is 0 Å². The summed E-state index contributed by atoms with van der Waals surface area (Å²) in [5, 5.41) is 3.14. The predicted octanol–water partition coefficient (Wildman–Crippen LogP) is 5.39. The van der Waals surface area contributed by atoms with Crippen LogP contribution in [0.5, 0.6) is 0 Å². The molecule has 3 fully saturated rings. The number of hydrogen-bond acceptors (Lipinski definition) is 3. The smallest absolute Gasteiger partial charge is 0.227 e. The van der Waals surface area contributed by atoms with Crippen LogP contribution in [0.4, 0.5) is 5.69 Å². The quantitative estimate of drug-likeness (QED) is 0.706. The van der Waals surface area contributed by atoms with E-state index in [9.17, 15) is 4.79 Å². The van der Waals surface area contributed by atoms with Crippen LogP contribution in [-0.2, 0) is 4.79 Å². The average Bonchev–Trinajstić information content (AvgIpc) is 2.96. The minimum Gasteiger partial charge on any atom is -0.326 e. The second kappa shape index (κ2) is 6.64. The Kier molecular flexibility index (Phi) is 4.72. The minimum absolute atomic E-state index is 0.191. The van der Waals surface area contributed by atoms with E-state index in [-0.39, 0.29) is 11.8 Å². The molecule has 2 nitrogen and oxygen atoms in total. The topological polar surface area (TPSA) is 29.1 Å². The maximum Gasteiger partial charge on any atom is 0.227 e. The number of carbonyl (C=O) groups excluding carboxylic acids is 1. The zero-order chi connectivity index (χ0) is 15.9. The van der Waals surface area contributed by atoms with E-state index >= 15 is 0 Å². The van der Waals surface area contributed by atoms with Crippen LogP contribution >= 0.6 is 39.5 Å². The third-order valence-electron chi connectivity index (χ3n) is 5.58. The Morgan fingerprint density at radius 1 is 1.17 bits per heavy atom. The van der Waals surface area contributed by atoms with Crippen molar-refractivity contribution in [1.82, 2.24) is 0 Å². The average molecular weight is 412 g/mol. The molecule has 2 unspecified atom stereocenters. The molecule has 0 aromatic heterocycles. The number of amides is 1. The largest absolute Gasteiger partial charge is 0.326 e. The summed E-state index contributed by atoms with van der Waals surface area (Å²) in [6.07, 6.45) is 6.15. The first kappa shape index (κ1) is 16.3. The Balaban J connectivity index is 1.48. The van der Waals surface area contributed by atoms with Crippen molar-refractivity contribution in [3.8, 4) is 0 Å². The summed E-state index contributed by atoms with van der Waals surface area (Å²) in [6.45, 7) is 0. The van der Waals surface area contributed by atoms with Crippen molar-refractivity contribution in [2.24, 2.45) is 17.8 Å². The molecule has 1 saturated heterocycles. The van der Waals surface area contributed by atoms with Gasteiger partial charge in [-0.3, -0.25) is 4.79 Å². The van der Waals surface area contributed by atoms with Crippen LogP contribution in [0.25, 0.3) is 0 Å². The molecule has 0 radical (unpaired) electrons. The molecule has 1 spiro atoms. The number of thioether (sulfide) groups is 2. The third-order valence-corrected chi connectivity index (χ3v) is 10.1. The van der Waals surface area contributed by atoms with E-state index in [0.717, 1.165) is 34.8 Å². The number of carbonyl (C=O) groups is 1. The summed E-state index contributed by atoms with van der Waals surface area (Å²) < 4.78 is 1.46. The number of anilines is 1. The number of rotatable bonds is 2. The fourth-order valence-corrected chi connectivity index (χ4v) is 8.97. The van der Waals surface area contributed by atoms with E-state index in [1.54, 1.807) is 0 Å². The van der Waals surface area contributed by atoms with Crippen molar-refractivity contribution in [2.45, 2.75) is 36.2 Å². The third kappa shape index (κ3) is 3.09. The fraction of sp³-hybridized carbons (Fsp3) is 0.611. The molecule has 3 aliphatic rings. The van der Waals surface area contributed by atoms with Crippen LogP contribution in [0.1, 0.15) is 32.1 Å². The van der Waals surface area contributed by atoms with Gasteiger partial charge in [0.25, 0.3) is 0 Å². The van der Waals surface area contributed by atoms with Crippen molar-refractivity contribution in [3.05, 3.63) is 28.7 Å². The zero-order valence-corrected chi connectivity index (χ0v) is 16.3. The standard InChI is InChI=1S/C18H22BrNOS2/c19-15-5-2-6-16(11-15)20-17(21)12-9-13-3-1-4-14(10-12)18(13)22-7-8-23-18/h2,5-6,11-14H,1,3-4,7-10H2,(H,20,21). The summed E-state index contributed by atoms with van der Waals surface area (Å²) in [5.41, 5.74) is 0.902. The minimum atomic E-state index is 0.191. The second-order valence-electron chi connectivity index (χ2n) is 6.91. The van der Waals surface area contributed by atoms with Crippen LogP contribution in [0, 0.1) is 17.8 Å². The van der Waals surface area contributed by atoms with Crippen LogP contribution in [0.2, 0.25) is 0 Å². The lowest BCUT2D eigenvalue weighted by molar-refractivity contribution is -0.122. The van der Waals surface area contributed by atoms with E-state index in [1.165, 1.54) is 30.8 Å². The van der Waals surface area contributed by atoms with Crippen molar-refractivity contribution in [3.63, 3.8) is 0 Å². The normalized spacial score (nSPS) is 32.0. The Bertz CT molecular complexity index is 586. The monoisotopic (exact) mass is 411 g/mol. The first-order valence-corrected chi connectivity index (χ1v) is 11.3. The second-order valence-corrected chi connectivity index (χ2v) is 10.8. The molecule has 1 N–H and O–H groups in total. The number of nitrogens with one attached hydrogen (secondary N) is 1. The van der Waals surface area contributed by atoms with Gasteiger partial charge >= 0.3 is 0 Å². The van der Waals surface area contributed by atoms with Gasteiger partial charge in [0, 0.05) is 27.6 Å². The molecular formula is C18H22BrNOS2. The van der Waals surface area contributed by atoms with Gasteiger partial charge in [0.2, 0.25) is 5.91 Å². The summed E-state index contributed by atoms with van der Waals surface area (Å²) >= 11 is 7.88. The lowest BCUT2D eigenvalue weighted by Gasteiger charge is -2.52. The number of benzene rings is 1. The Morgan fingerprint density at radius 2 is 1.87 bits per heavy atom. The van der Waals surface area contributed by atoms with Gasteiger partial charge in [0.05, 0.1) is 4.08 Å². The Morgan fingerprint density at radius 3 is 2.52 bits per heavy atom. The summed E-state index contributed by atoms with van der Waals surface area (Å²) in [7, 11) is 0. The summed E-state index contributed by atoms with van der Waals surface area (Å²) in [6, 6.07) is 7.90. The fourth-order valence-electron chi connectivity index (χ4n) is 4.63. The molecule has 124 valence electrons. The molecule has 2 atom stereocenters. The maximum atomic E-state index is 12.8. The molecule has 1 aromatic rings. The van der Waals surface area contributed by atoms with E-state index < -0.39 is 0 Å². The van der Waals surface area contributed by atoms with Crippen molar-refractivity contribution in [1.29, 1.82) is 0 Å². The van der Waals surface area contributed by atoms with Crippen molar-refractivity contribution >= 4 is 51.0 Å². The number of halogens is 1. The number of hydrogen-bond donors (Lipinski definition) is 1. The molecule has 23 heavy (non-hydrogen) atoms. The highest BCUT2D eigenvalue weighted by Crippen LogP contribution is 2.64. The van der Waals surface area contributed by atoms with E-state index in [1.807, 2.05) is 24.3 Å². The van der Waals surface area contributed by atoms with E-state index in [4.69, 9.17) is 0 Å². The Hall–Kier alpha value is -0.130. The highest BCUT2D eigenvalue weighted by Gasteiger charge is 2.55. The predicted molar refractivity (Wildman–Crippen MR) is 104 cm³/mol. The molecule has 5 heteroatoms. The van der Waals surface area contributed by atoms with Gasteiger partial charge in [-0.15, -0.1) is 23.5 Å². The molecule has 1 aliphatic heterocycles. The van der Waals surface area contributed by atoms with Crippen molar-refractivity contribution < 1.29 is 4.79 Å². The van der Waals surface area contributed by atoms with Gasteiger partial charge in [0.1, 0.15) is 0 Å². The highest BCUT2D eigenvalue weighted by molar-refractivity contribution is 9.10. The van der Waals surface area contributed by atoms with Gasteiger partial charge in [-0.25, -0.2) is 0 Å². The van der Waals surface area contributed by atoms with Gasteiger partial charge in [-0.1, -0.05) is 28.4 Å². The Labute approximate surface area is 155 Å². The molecule has 2 bridgehead atoms. The molecule has 1 aromatic carbocycles. The first-order valence-electron chi connectivity index (χ1n) is 8.52. The van der Waals surface area contributed by atoms with Gasteiger partial charge in [-0.2, -0.15) is 0 Å². The molecular weight excluding hydrogens is 390 g/mol. The molecule has 1 heterocycles. The van der Waals surface area contributed by atoms with Gasteiger partial charge < -0.3 is 5.32 Å². The van der Waals surface area contributed by atoms with Crippen LogP contribution in [-0.4, -0.2) is 21.5 Å². The van der Waals surface area contributed by atoms with Crippen molar-refractivity contribution in [2.75, 3.05) is 16.8 Å². The first-order chi connectivity index (χ1) is 11.2. The lowest BCUT2D eigenvalue weighted by Crippen LogP contribution is -2.48. The molecule has 1 amide bonds. The molecule has 4 rings (SSSR count). The molecule has 2 saturated carbocycles. The van der Waals surface area contributed by atoms with Crippen LogP contribution in [0.15, 0.2) is 28.7 Å².